The molecule has 2 heteroatoms. The van der Waals surface area contributed by atoms with Crippen LogP contribution in [0, 0.1) is 0 Å². The van der Waals surface area contributed by atoms with Crippen LogP contribution in [-0.4, -0.2) is 29.1 Å². The van der Waals surface area contributed by atoms with Crippen molar-refractivity contribution < 1.29 is 4.74 Å². The first-order valence-electron chi connectivity index (χ1n) is 11.4. The van der Waals surface area contributed by atoms with Gasteiger partial charge in [-0.05, 0) is 0 Å². The van der Waals surface area contributed by atoms with Crippen LogP contribution in [0.4, 0.5) is 0 Å². The summed E-state index contributed by atoms with van der Waals surface area (Å²) in [5, 5.41) is 0. The summed E-state index contributed by atoms with van der Waals surface area (Å²) in [5.41, 5.74) is 0. The number of hydrogen-bond acceptors (Lipinski definition) is 1. The standard InChI is InChI=1S/C11H21O.3C4H9.Sn/c1-4-6-7-8-10-11(12-3)9-5-2;3*1-3-4-2;/h5,11H,2-4,6-10H2,1H3;3*1,3-4H2,2H3;. The zero-order valence-corrected chi connectivity index (χ0v) is 20.9. The zero-order valence-electron chi connectivity index (χ0n) is 18.1. The Balaban J connectivity index is 4.73. The van der Waals surface area contributed by atoms with Gasteiger partial charge in [0.2, 0.25) is 0 Å². The van der Waals surface area contributed by atoms with Crippen LogP contribution in [0.1, 0.15) is 105 Å². The van der Waals surface area contributed by atoms with Gasteiger partial charge in [-0.2, -0.15) is 0 Å². The van der Waals surface area contributed by atoms with Gasteiger partial charge in [0, 0.05) is 0 Å². The first kappa shape index (κ1) is 25.5. The second kappa shape index (κ2) is 17.9. The van der Waals surface area contributed by atoms with E-state index in [1.165, 1.54) is 75.3 Å². The molecule has 25 heavy (non-hydrogen) atoms. The molecule has 0 heterocycles. The van der Waals surface area contributed by atoms with Crippen molar-refractivity contribution in [2.24, 2.45) is 0 Å². The van der Waals surface area contributed by atoms with Gasteiger partial charge in [-0.15, -0.1) is 0 Å². The molecule has 0 N–H and O–H groups in total. The van der Waals surface area contributed by atoms with Crippen molar-refractivity contribution in [3.8, 4) is 0 Å². The van der Waals surface area contributed by atoms with Crippen LogP contribution in [0.2, 0.25) is 13.3 Å². The zero-order chi connectivity index (χ0) is 18.8. The van der Waals surface area contributed by atoms with E-state index in [4.69, 9.17) is 4.74 Å². The van der Waals surface area contributed by atoms with Crippen LogP contribution < -0.4 is 0 Å². The van der Waals surface area contributed by atoms with Crippen molar-refractivity contribution in [1.29, 1.82) is 0 Å². The molecule has 0 aliphatic heterocycles. The van der Waals surface area contributed by atoms with Crippen LogP contribution in [0.25, 0.3) is 0 Å². The molecular weight excluding hydrogens is 411 g/mol. The Bertz CT molecular complexity index is 268. The van der Waals surface area contributed by atoms with Crippen LogP contribution in [0.3, 0.4) is 0 Å². The van der Waals surface area contributed by atoms with E-state index >= 15 is 0 Å². The molecule has 1 unspecified atom stereocenters. The van der Waals surface area contributed by atoms with Crippen molar-refractivity contribution in [3.05, 3.63) is 12.7 Å². The Labute approximate surface area is 164 Å². The topological polar surface area (TPSA) is 9.23 Å². The molecule has 0 saturated carbocycles. The molecular formula is C23H48OSn. The third-order valence-corrected chi connectivity index (χ3v) is 19.9. The van der Waals surface area contributed by atoms with Crippen LogP contribution in [-0.2, 0) is 4.74 Å². The maximum absolute atomic E-state index is 6.64. The third-order valence-electron chi connectivity index (χ3n) is 5.62. The molecule has 0 rings (SSSR count). The van der Waals surface area contributed by atoms with E-state index in [-0.39, 0.29) is 0 Å². The second-order valence-electron chi connectivity index (χ2n) is 8.12. The van der Waals surface area contributed by atoms with Gasteiger partial charge >= 0.3 is 165 Å². The van der Waals surface area contributed by atoms with E-state index in [0.717, 1.165) is 6.42 Å². The average Bonchev–Trinajstić information content (AvgIpc) is 2.63. The normalized spacial score (nSPS) is 13.1. The Kier molecular flexibility index (Phi) is 18.2. The van der Waals surface area contributed by atoms with Crippen LogP contribution in [0.5, 0.6) is 0 Å². The molecule has 0 fully saturated rings. The number of hydrogen-bond donors (Lipinski definition) is 0. The number of ether oxygens (including phenoxy) is 1. The Morgan fingerprint density at radius 2 is 1.28 bits per heavy atom. The Hall–Kier alpha value is 0.499. The van der Waals surface area contributed by atoms with Gasteiger partial charge in [-0.3, -0.25) is 0 Å². The monoisotopic (exact) mass is 460 g/mol. The molecule has 0 bridgehead atoms. The summed E-state index contributed by atoms with van der Waals surface area (Å²) in [5.74, 6) is 0. The fourth-order valence-electron chi connectivity index (χ4n) is 3.80. The predicted octanol–water partition coefficient (Wildman–Crippen LogP) is 8.31. The molecule has 150 valence electrons. The molecule has 0 aliphatic carbocycles. The molecule has 0 amide bonds. The van der Waals surface area contributed by atoms with Crippen molar-refractivity contribution >= 4 is 18.4 Å². The fourth-order valence-corrected chi connectivity index (χ4v) is 18.3. The van der Waals surface area contributed by atoms with E-state index in [1.807, 2.05) is 0 Å². The van der Waals surface area contributed by atoms with Crippen LogP contribution in [0.15, 0.2) is 12.7 Å². The maximum atomic E-state index is 6.64. The molecule has 0 aromatic rings. The molecule has 0 aromatic carbocycles. The Morgan fingerprint density at radius 1 is 0.760 bits per heavy atom. The predicted molar refractivity (Wildman–Crippen MR) is 118 cm³/mol. The Morgan fingerprint density at radius 3 is 1.72 bits per heavy atom. The third kappa shape index (κ3) is 13.3. The van der Waals surface area contributed by atoms with E-state index in [0.29, 0.717) is 6.10 Å². The van der Waals surface area contributed by atoms with Crippen molar-refractivity contribution in [1.82, 2.24) is 0 Å². The minimum absolute atomic E-state index is 0.440. The summed E-state index contributed by atoms with van der Waals surface area (Å²) < 4.78 is 12.5. The van der Waals surface area contributed by atoms with E-state index in [2.05, 4.69) is 40.3 Å². The van der Waals surface area contributed by atoms with Gasteiger partial charge in [0.15, 0.2) is 0 Å². The van der Waals surface area contributed by atoms with Crippen molar-refractivity contribution in [3.63, 3.8) is 0 Å². The molecule has 0 spiro atoms. The van der Waals surface area contributed by atoms with Gasteiger partial charge in [0.05, 0.1) is 0 Å². The average molecular weight is 459 g/mol. The summed E-state index contributed by atoms with van der Waals surface area (Å²) in [6.45, 7) is 13.3. The second-order valence-corrected chi connectivity index (χ2v) is 21.8. The first-order valence-corrected chi connectivity index (χ1v) is 19.5. The quantitative estimate of drug-likeness (QED) is 0.107. The summed E-state index contributed by atoms with van der Waals surface area (Å²) >= 11 is -2.12. The van der Waals surface area contributed by atoms with Crippen molar-refractivity contribution in [2.45, 2.75) is 124 Å². The summed E-state index contributed by atoms with van der Waals surface area (Å²) in [7, 11) is 0. The fraction of sp³-hybridized carbons (Fsp3) is 0.913. The van der Waals surface area contributed by atoms with Crippen molar-refractivity contribution in [2.75, 3.05) is 4.62 Å². The molecule has 0 aliphatic rings. The number of rotatable bonds is 19. The van der Waals surface area contributed by atoms with Gasteiger partial charge in [0.25, 0.3) is 0 Å². The molecule has 1 nitrogen and oxygen atoms in total. The summed E-state index contributed by atoms with van der Waals surface area (Å²) in [6, 6.07) is 0. The summed E-state index contributed by atoms with van der Waals surface area (Å²) in [4.78, 5) is 0. The molecule has 0 saturated heterocycles. The van der Waals surface area contributed by atoms with E-state index < -0.39 is 18.4 Å². The SMILES string of the molecule is C=CCC(CCCCCC)O[CH2][Sn]([CH2]CCC)([CH2]CCC)[CH2]CCC. The number of unbranched alkanes of at least 4 members (excludes halogenated alkanes) is 6. The first-order chi connectivity index (χ1) is 12.2. The molecule has 1 atom stereocenters. The van der Waals surface area contributed by atoms with Gasteiger partial charge in [-0.25, -0.2) is 0 Å². The minimum atomic E-state index is -2.12. The van der Waals surface area contributed by atoms with E-state index in [9.17, 15) is 0 Å². The van der Waals surface area contributed by atoms with Crippen LogP contribution >= 0.6 is 0 Å². The molecule has 0 radical (unpaired) electrons. The molecule has 0 aromatic heterocycles. The van der Waals surface area contributed by atoms with Gasteiger partial charge in [0.1, 0.15) is 0 Å². The van der Waals surface area contributed by atoms with Gasteiger partial charge in [-0.1, -0.05) is 0 Å². The summed E-state index contributed by atoms with van der Waals surface area (Å²) in [6.07, 6.45) is 18.6. The van der Waals surface area contributed by atoms with E-state index in [1.54, 1.807) is 13.3 Å². The van der Waals surface area contributed by atoms with Gasteiger partial charge < -0.3 is 0 Å².